The minimum atomic E-state index is -0.169. The highest BCUT2D eigenvalue weighted by Crippen LogP contribution is 2.24. The van der Waals surface area contributed by atoms with Crippen LogP contribution in [0.2, 0.25) is 0 Å². The molecule has 0 fully saturated rings. The minimum absolute atomic E-state index is 0.0289. The quantitative estimate of drug-likeness (QED) is 0.939. The van der Waals surface area contributed by atoms with Gasteiger partial charge in [0.15, 0.2) is 0 Å². The van der Waals surface area contributed by atoms with Crippen molar-refractivity contribution >= 4 is 23.1 Å². The number of carbonyl (C=O) groups is 1. The molecule has 0 radical (unpaired) electrons. The number of hydrogen-bond donors (Lipinski definition) is 1. The third-order valence-corrected chi connectivity index (χ3v) is 4.10. The van der Waals surface area contributed by atoms with Crippen LogP contribution in [0.15, 0.2) is 35.8 Å². The van der Waals surface area contributed by atoms with Gasteiger partial charge in [-0.1, -0.05) is 6.07 Å². The first-order valence-corrected chi connectivity index (χ1v) is 7.07. The lowest BCUT2D eigenvalue weighted by molar-refractivity contribution is 0.209. The molecule has 0 saturated heterocycles. The number of amides is 2. The van der Waals surface area contributed by atoms with Crippen molar-refractivity contribution in [2.45, 2.75) is 13.0 Å². The molecule has 2 aromatic heterocycles. The van der Waals surface area contributed by atoms with Gasteiger partial charge in [-0.15, -0.1) is 11.3 Å². The summed E-state index contributed by atoms with van der Waals surface area (Å²) in [5.41, 5.74) is 0.640. The molecule has 0 bridgehead atoms. The molecule has 2 amide bonds. The number of thiophene rings is 1. The number of carbonyl (C=O) groups excluding carboxylic acids is 1. The molecule has 2 aromatic rings. The third-order valence-electron chi connectivity index (χ3n) is 3.05. The summed E-state index contributed by atoms with van der Waals surface area (Å²) in [6, 6.07) is 7.33. The first-order chi connectivity index (χ1) is 9.61. The van der Waals surface area contributed by atoms with Crippen LogP contribution in [0.1, 0.15) is 17.8 Å². The summed E-state index contributed by atoms with van der Waals surface area (Å²) in [6.45, 7) is 2.00. The normalized spacial score (nSPS) is 11.8. The number of nitrogens with one attached hydrogen (secondary N) is 1. The van der Waals surface area contributed by atoms with E-state index >= 15 is 0 Å². The third kappa shape index (κ3) is 3.27. The van der Waals surface area contributed by atoms with Crippen LogP contribution >= 0.6 is 11.3 Å². The van der Waals surface area contributed by atoms with Crippen molar-refractivity contribution < 1.29 is 9.53 Å². The van der Waals surface area contributed by atoms with Gasteiger partial charge in [0, 0.05) is 18.0 Å². The maximum atomic E-state index is 12.2. The Morgan fingerprint density at radius 2 is 2.25 bits per heavy atom. The highest BCUT2D eigenvalue weighted by atomic mass is 32.1. The predicted octanol–water partition coefficient (Wildman–Crippen LogP) is 3.38. The molecule has 0 aliphatic carbocycles. The van der Waals surface area contributed by atoms with Crippen LogP contribution in [0.5, 0.6) is 5.88 Å². The van der Waals surface area contributed by atoms with Gasteiger partial charge in [0.05, 0.1) is 25.0 Å². The van der Waals surface area contributed by atoms with E-state index in [4.69, 9.17) is 4.74 Å². The predicted molar refractivity (Wildman–Crippen MR) is 80.3 cm³/mol. The molecule has 2 rings (SSSR count). The van der Waals surface area contributed by atoms with Crippen molar-refractivity contribution in [3.05, 3.63) is 40.7 Å². The van der Waals surface area contributed by atoms with E-state index in [9.17, 15) is 4.79 Å². The summed E-state index contributed by atoms with van der Waals surface area (Å²) in [5, 5.41) is 4.81. The van der Waals surface area contributed by atoms with Crippen LogP contribution in [0.25, 0.3) is 0 Å². The van der Waals surface area contributed by atoms with Gasteiger partial charge in [0.25, 0.3) is 0 Å². The van der Waals surface area contributed by atoms with Crippen molar-refractivity contribution in [3.63, 3.8) is 0 Å². The largest absolute Gasteiger partial charge is 0.481 e. The molecule has 1 unspecified atom stereocenters. The molecule has 106 valence electrons. The fraction of sp³-hybridized carbons (Fsp3) is 0.286. The SMILES string of the molecule is COc1ccc(NC(=O)N(C)C(C)c2cccs2)cn1. The summed E-state index contributed by atoms with van der Waals surface area (Å²) < 4.78 is 4.98. The number of ether oxygens (including phenoxy) is 1. The summed E-state index contributed by atoms with van der Waals surface area (Å²) in [4.78, 5) is 19.0. The van der Waals surface area contributed by atoms with Crippen LogP contribution in [0.4, 0.5) is 10.5 Å². The smallest absolute Gasteiger partial charge is 0.322 e. The van der Waals surface area contributed by atoms with Crippen LogP contribution in [0, 0.1) is 0 Å². The summed E-state index contributed by atoms with van der Waals surface area (Å²) in [5.74, 6) is 0.517. The van der Waals surface area contributed by atoms with Crippen molar-refractivity contribution in [1.29, 1.82) is 0 Å². The van der Waals surface area contributed by atoms with E-state index in [0.717, 1.165) is 4.88 Å². The van der Waals surface area contributed by atoms with Gasteiger partial charge < -0.3 is 15.0 Å². The van der Waals surface area contributed by atoms with Crippen LogP contribution in [-0.4, -0.2) is 30.1 Å². The molecule has 0 saturated carbocycles. The van der Waals surface area contributed by atoms with Crippen LogP contribution in [-0.2, 0) is 0 Å². The van der Waals surface area contributed by atoms with E-state index in [1.807, 2.05) is 24.4 Å². The number of hydrogen-bond acceptors (Lipinski definition) is 4. The Kier molecular flexibility index (Phi) is 4.57. The Morgan fingerprint density at radius 1 is 1.45 bits per heavy atom. The molecular weight excluding hydrogens is 274 g/mol. The molecule has 0 spiro atoms. The van der Waals surface area contributed by atoms with Crippen LogP contribution < -0.4 is 10.1 Å². The molecule has 0 aliphatic rings. The average molecular weight is 291 g/mol. The zero-order valence-electron chi connectivity index (χ0n) is 11.7. The van der Waals surface area contributed by atoms with Gasteiger partial charge in [0.2, 0.25) is 5.88 Å². The monoisotopic (exact) mass is 291 g/mol. The molecule has 5 nitrogen and oxygen atoms in total. The van der Waals surface area contributed by atoms with Gasteiger partial charge in [0.1, 0.15) is 0 Å². The van der Waals surface area contributed by atoms with E-state index in [-0.39, 0.29) is 12.1 Å². The fourth-order valence-electron chi connectivity index (χ4n) is 1.68. The Labute approximate surface area is 122 Å². The first kappa shape index (κ1) is 14.3. The lowest BCUT2D eigenvalue weighted by atomic mass is 10.2. The molecule has 1 N–H and O–H groups in total. The van der Waals surface area contributed by atoms with E-state index in [1.165, 1.54) is 0 Å². The summed E-state index contributed by atoms with van der Waals surface area (Å²) in [6.07, 6.45) is 1.57. The second-order valence-electron chi connectivity index (χ2n) is 4.32. The Bertz CT molecular complexity index is 554. The molecule has 0 aliphatic heterocycles. The Balaban J connectivity index is 2.00. The molecule has 1 atom stereocenters. The first-order valence-electron chi connectivity index (χ1n) is 6.19. The highest BCUT2D eigenvalue weighted by Gasteiger charge is 2.18. The van der Waals surface area contributed by atoms with E-state index < -0.39 is 0 Å². The van der Waals surface area contributed by atoms with E-state index in [1.54, 1.807) is 48.7 Å². The number of aromatic nitrogens is 1. The highest BCUT2D eigenvalue weighted by molar-refractivity contribution is 7.10. The number of urea groups is 1. The maximum Gasteiger partial charge on any atom is 0.322 e. The van der Waals surface area contributed by atoms with E-state index in [2.05, 4.69) is 10.3 Å². The Hall–Kier alpha value is -2.08. The van der Waals surface area contributed by atoms with Crippen molar-refractivity contribution in [3.8, 4) is 5.88 Å². The van der Waals surface area contributed by atoms with Gasteiger partial charge in [-0.25, -0.2) is 9.78 Å². The van der Waals surface area contributed by atoms with Gasteiger partial charge >= 0.3 is 6.03 Å². The summed E-state index contributed by atoms with van der Waals surface area (Å²) >= 11 is 1.64. The topological polar surface area (TPSA) is 54.5 Å². The zero-order chi connectivity index (χ0) is 14.5. The molecule has 2 heterocycles. The van der Waals surface area contributed by atoms with Gasteiger partial charge in [-0.05, 0) is 24.4 Å². The second kappa shape index (κ2) is 6.38. The lowest BCUT2D eigenvalue weighted by Crippen LogP contribution is -2.33. The van der Waals surface area contributed by atoms with E-state index in [0.29, 0.717) is 11.6 Å². The number of anilines is 1. The number of rotatable bonds is 4. The van der Waals surface area contributed by atoms with Crippen molar-refractivity contribution in [2.24, 2.45) is 0 Å². The lowest BCUT2D eigenvalue weighted by Gasteiger charge is -2.24. The maximum absolute atomic E-state index is 12.2. The number of methoxy groups -OCH3 is 1. The number of nitrogens with zero attached hydrogens (tertiary/aromatic N) is 2. The fourth-order valence-corrected chi connectivity index (χ4v) is 2.51. The zero-order valence-corrected chi connectivity index (χ0v) is 12.5. The van der Waals surface area contributed by atoms with Crippen molar-refractivity contribution in [1.82, 2.24) is 9.88 Å². The summed E-state index contributed by atoms with van der Waals surface area (Å²) in [7, 11) is 3.33. The van der Waals surface area contributed by atoms with Crippen molar-refractivity contribution in [2.75, 3.05) is 19.5 Å². The van der Waals surface area contributed by atoms with Gasteiger partial charge in [-0.2, -0.15) is 0 Å². The molecule has 6 heteroatoms. The standard InChI is InChI=1S/C14H17N3O2S/c1-10(12-5-4-8-20-12)17(2)14(18)16-11-6-7-13(19-3)15-9-11/h4-10H,1-3H3,(H,16,18). The van der Waals surface area contributed by atoms with Gasteiger partial charge in [-0.3, -0.25) is 0 Å². The molecular formula is C14H17N3O2S. The second-order valence-corrected chi connectivity index (χ2v) is 5.30. The molecule has 20 heavy (non-hydrogen) atoms. The van der Waals surface area contributed by atoms with Crippen LogP contribution in [0.3, 0.4) is 0 Å². The molecule has 0 aromatic carbocycles. The Morgan fingerprint density at radius 3 is 2.80 bits per heavy atom. The number of pyridine rings is 1. The average Bonchev–Trinajstić information content (AvgIpc) is 3.00. The minimum Gasteiger partial charge on any atom is -0.481 e.